The van der Waals surface area contributed by atoms with E-state index in [1.54, 1.807) is 12.4 Å². The van der Waals surface area contributed by atoms with Crippen LogP contribution in [0.5, 0.6) is 0 Å². The average molecular weight is 481 g/mol. The van der Waals surface area contributed by atoms with Gasteiger partial charge in [-0.1, -0.05) is 29.5 Å². The third-order valence-corrected chi connectivity index (χ3v) is 6.52. The van der Waals surface area contributed by atoms with E-state index in [2.05, 4.69) is 20.5 Å². The van der Waals surface area contributed by atoms with Crippen molar-refractivity contribution in [3.63, 3.8) is 0 Å². The number of nitrogens with zero attached hydrogens (tertiary/aromatic N) is 4. The fraction of sp³-hybridized carbons (Fsp3) is 0.0909. The molecule has 0 fully saturated rings. The molecule has 0 saturated heterocycles. The van der Waals surface area contributed by atoms with Crippen LogP contribution in [0.25, 0.3) is 17.1 Å². The maximum atomic E-state index is 12.5. The Labute approximate surface area is 195 Å². The van der Waals surface area contributed by atoms with Gasteiger partial charge in [-0.15, -0.1) is 10.2 Å². The van der Waals surface area contributed by atoms with Gasteiger partial charge >= 0.3 is 0 Å². The molecule has 2 aromatic carbocycles. The monoisotopic (exact) mass is 480 g/mol. The van der Waals surface area contributed by atoms with Gasteiger partial charge in [0.05, 0.1) is 10.6 Å². The molecule has 2 heterocycles. The Bertz CT molecular complexity index is 1370. The van der Waals surface area contributed by atoms with E-state index in [-0.39, 0.29) is 16.6 Å². The summed E-state index contributed by atoms with van der Waals surface area (Å²) in [6.45, 7) is 2.01. The van der Waals surface area contributed by atoms with E-state index >= 15 is 0 Å². The number of carbonyl (C=O) groups is 1. The lowest BCUT2D eigenvalue weighted by atomic mass is 10.2. The number of rotatable bonds is 7. The number of aryl methyl sites for hydroxylation is 1. The Hall–Kier alpha value is -3.54. The number of pyridine rings is 1. The van der Waals surface area contributed by atoms with Crippen molar-refractivity contribution >= 4 is 33.4 Å². The third-order valence-electron chi connectivity index (χ3n) is 4.66. The predicted octanol–water partition coefficient (Wildman–Crippen LogP) is 3.02. The molecule has 0 aliphatic rings. The van der Waals surface area contributed by atoms with Crippen LogP contribution in [0.15, 0.2) is 83.1 Å². The van der Waals surface area contributed by atoms with Crippen molar-refractivity contribution in [1.29, 1.82) is 0 Å². The molecule has 11 heteroatoms. The van der Waals surface area contributed by atoms with Crippen molar-refractivity contribution in [2.24, 2.45) is 5.14 Å². The molecule has 0 saturated carbocycles. The van der Waals surface area contributed by atoms with Gasteiger partial charge in [-0.25, -0.2) is 13.6 Å². The predicted molar refractivity (Wildman–Crippen MR) is 126 cm³/mol. The first-order valence-corrected chi connectivity index (χ1v) is 12.3. The molecule has 1 amide bonds. The quantitative estimate of drug-likeness (QED) is 0.389. The first-order valence-electron chi connectivity index (χ1n) is 9.79. The highest BCUT2D eigenvalue weighted by Gasteiger charge is 2.17. The molecular weight excluding hydrogens is 460 g/mol. The molecular formula is C22H20N6O3S2. The van der Waals surface area contributed by atoms with E-state index in [0.29, 0.717) is 16.7 Å². The summed E-state index contributed by atoms with van der Waals surface area (Å²) in [5.41, 5.74) is 3.31. The summed E-state index contributed by atoms with van der Waals surface area (Å²) in [7, 11) is -3.79. The lowest BCUT2D eigenvalue weighted by Crippen LogP contribution is -2.15. The van der Waals surface area contributed by atoms with E-state index in [4.69, 9.17) is 5.14 Å². The van der Waals surface area contributed by atoms with Crippen molar-refractivity contribution < 1.29 is 13.2 Å². The number of benzene rings is 2. The topological polar surface area (TPSA) is 133 Å². The molecule has 4 aromatic rings. The Balaban J connectivity index is 1.54. The molecule has 2 aromatic heterocycles. The summed E-state index contributed by atoms with van der Waals surface area (Å²) in [5, 5.41) is 17.0. The molecule has 33 heavy (non-hydrogen) atoms. The van der Waals surface area contributed by atoms with Crippen molar-refractivity contribution in [2.45, 2.75) is 17.0 Å². The molecule has 3 N–H and O–H groups in total. The van der Waals surface area contributed by atoms with Crippen LogP contribution in [0.1, 0.15) is 5.56 Å². The van der Waals surface area contributed by atoms with Crippen molar-refractivity contribution in [2.75, 3.05) is 11.1 Å². The van der Waals surface area contributed by atoms with Crippen LogP contribution in [0.2, 0.25) is 0 Å². The van der Waals surface area contributed by atoms with Crippen molar-refractivity contribution in [1.82, 2.24) is 19.7 Å². The van der Waals surface area contributed by atoms with Gasteiger partial charge in [0.2, 0.25) is 15.9 Å². The second kappa shape index (κ2) is 9.53. The van der Waals surface area contributed by atoms with Crippen molar-refractivity contribution in [3.8, 4) is 17.1 Å². The van der Waals surface area contributed by atoms with E-state index in [1.165, 1.54) is 36.0 Å². The largest absolute Gasteiger partial charge is 0.325 e. The number of thioether (sulfide) groups is 1. The standard InChI is InChI=1S/C22H20N6O3S2/c1-15-2-6-18(7-3-15)28-21(16-10-12-24-13-11-16)26-27-22(28)32-14-20(29)25-17-4-8-19(9-5-17)33(23,30)31/h2-13H,14H2,1H3,(H,25,29)(H2,23,30,31). The maximum Gasteiger partial charge on any atom is 0.238 e. The van der Waals surface area contributed by atoms with Crippen LogP contribution >= 0.6 is 11.8 Å². The van der Waals surface area contributed by atoms with Gasteiger partial charge in [-0.3, -0.25) is 14.3 Å². The van der Waals surface area contributed by atoms with Crippen LogP contribution in [0.3, 0.4) is 0 Å². The molecule has 0 radical (unpaired) electrons. The van der Waals surface area contributed by atoms with Crippen LogP contribution in [0.4, 0.5) is 5.69 Å². The number of aromatic nitrogens is 4. The second-order valence-corrected chi connectivity index (χ2v) is 9.62. The summed E-state index contributed by atoms with van der Waals surface area (Å²) in [4.78, 5) is 16.5. The maximum absolute atomic E-state index is 12.5. The minimum absolute atomic E-state index is 0.0234. The number of amides is 1. The lowest BCUT2D eigenvalue weighted by molar-refractivity contribution is -0.113. The lowest BCUT2D eigenvalue weighted by Gasteiger charge is -2.11. The molecule has 0 bridgehead atoms. The molecule has 168 valence electrons. The molecule has 0 spiro atoms. The second-order valence-electron chi connectivity index (χ2n) is 7.12. The zero-order valence-corrected chi connectivity index (χ0v) is 19.2. The zero-order chi connectivity index (χ0) is 23.4. The Morgan fingerprint density at radius 3 is 2.30 bits per heavy atom. The SMILES string of the molecule is Cc1ccc(-n2c(SCC(=O)Nc3ccc(S(N)(=O)=O)cc3)nnc2-c2ccncc2)cc1. The number of sulfonamides is 1. The van der Waals surface area contributed by atoms with Crippen LogP contribution in [-0.2, 0) is 14.8 Å². The Kier molecular flexibility index (Phi) is 6.54. The molecule has 4 rings (SSSR count). The molecule has 0 atom stereocenters. The highest BCUT2D eigenvalue weighted by molar-refractivity contribution is 7.99. The van der Waals surface area contributed by atoms with Crippen molar-refractivity contribution in [3.05, 3.63) is 78.6 Å². The number of nitrogens with two attached hydrogens (primary N) is 1. The van der Waals surface area contributed by atoms with Gasteiger partial charge in [-0.05, 0) is 55.5 Å². The van der Waals surface area contributed by atoms with Crippen LogP contribution < -0.4 is 10.5 Å². The summed E-state index contributed by atoms with van der Waals surface area (Å²) in [6, 6.07) is 17.3. The number of hydrogen-bond acceptors (Lipinski definition) is 7. The number of nitrogens with one attached hydrogen (secondary N) is 1. The first kappa shape index (κ1) is 22.6. The number of primary sulfonamides is 1. The fourth-order valence-corrected chi connectivity index (χ4v) is 4.30. The normalized spacial score (nSPS) is 11.3. The Morgan fingerprint density at radius 1 is 1.00 bits per heavy atom. The fourth-order valence-electron chi connectivity index (χ4n) is 3.03. The number of carbonyl (C=O) groups excluding carboxylic acids is 1. The summed E-state index contributed by atoms with van der Waals surface area (Å²) >= 11 is 1.24. The minimum atomic E-state index is -3.79. The molecule has 0 aliphatic heterocycles. The third kappa shape index (κ3) is 5.45. The van der Waals surface area contributed by atoms with E-state index in [0.717, 1.165) is 16.8 Å². The van der Waals surface area contributed by atoms with Gasteiger partial charge in [0.25, 0.3) is 0 Å². The highest BCUT2D eigenvalue weighted by atomic mass is 32.2. The minimum Gasteiger partial charge on any atom is -0.325 e. The van der Waals surface area contributed by atoms with E-state index in [1.807, 2.05) is 47.9 Å². The molecule has 9 nitrogen and oxygen atoms in total. The Morgan fingerprint density at radius 2 is 1.67 bits per heavy atom. The first-order chi connectivity index (χ1) is 15.8. The smallest absolute Gasteiger partial charge is 0.238 e. The summed E-state index contributed by atoms with van der Waals surface area (Å²) < 4.78 is 24.6. The van der Waals surface area contributed by atoms with Crippen LogP contribution in [-0.4, -0.2) is 39.8 Å². The average Bonchev–Trinajstić information content (AvgIpc) is 3.22. The summed E-state index contributed by atoms with van der Waals surface area (Å²) in [6.07, 6.45) is 3.37. The van der Waals surface area contributed by atoms with E-state index < -0.39 is 10.0 Å². The molecule has 0 aliphatic carbocycles. The van der Waals surface area contributed by atoms with Gasteiger partial charge in [0, 0.05) is 29.3 Å². The zero-order valence-electron chi connectivity index (χ0n) is 17.5. The molecule has 0 unspecified atom stereocenters. The van der Waals surface area contributed by atoms with Gasteiger partial charge < -0.3 is 5.32 Å². The van der Waals surface area contributed by atoms with Gasteiger partial charge in [0.15, 0.2) is 11.0 Å². The summed E-state index contributed by atoms with van der Waals surface area (Å²) in [5.74, 6) is 0.451. The van der Waals surface area contributed by atoms with Crippen LogP contribution in [0, 0.1) is 6.92 Å². The number of anilines is 1. The van der Waals surface area contributed by atoms with Gasteiger partial charge in [-0.2, -0.15) is 0 Å². The highest BCUT2D eigenvalue weighted by Crippen LogP contribution is 2.28. The van der Waals surface area contributed by atoms with Gasteiger partial charge in [0.1, 0.15) is 0 Å². The van der Waals surface area contributed by atoms with E-state index in [9.17, 15) is 13.2 Å². The number of hydrogen-bond donors (Lipinski definition) is 2.